The van der Waals surface area contributed by atoms with E-state index in [1.54, 1.807) is 6.08 Å². The standard InChI is InChI=1S/C20H20N2O/c1-4-16-6-8-17(9-7-16)12-18(13-21)20(23)22-19-10-5-14(2)11-15(19)3/h5-12H,4H2,1-3H3,(H,22,23)/b18-12+. The number of rotatable bonds is 4. The van der Waals surface area contributed by atoms with Gasteiger partial charge in [-0.05, 0) is 49.1 Å². The number of carbonyl (C=O) groups is 1. The van der Waals surface area contributed by atoms with Crippen LogP contribution in [0.1, 0.15) is 29.2 Å². The monoisotopic (exact) mass is 304 g/mol. The highest BCUT2D eigenvalue weighted by molar-refractivity contribution is 6.09. The first-order chi connectivity index (χ1) is 11.0. The molecule has 0 atom stereocenters. The van der Waals surface area contributed by atoms with E-state index in [1.807, 2.05) is 62.4 Å². The zero-order chi connectivity index (χ0) is 16.8. The van der Waals surface area contributed by atoms with Crippen LogP contribution >= 0.6 is 0 Å². The van der Waals surface area contributed by atoms with Gasteiger partial charge in [0.2, 0.25) is 0 Å². The number of aryl methyl sites for hydroxylation is 3. The van der Waals surface area contributed by atoms with Crippen molar-refractivity contribution in [3.63, 3.8) is 0 Å². The van der Waals surface area contributed by atoms with E-state index in [9.17, 15) is 10.1 Å². The van der Waals surface area contributed by atoms with Crippen molar-refractivity contribution in [1.29, 1.82) is 5.26 Å². The normalized spacial score (nSPS) is 11.0. The summed E-state index contributed by atoms with van der Waals surface area (Å²) >= 11 is 0. The molecule has 2 rings (SSSR count). The molecule has 2 aromatic carbocycles. The second-order valence-corrected chi connectivity index (χ2v) is 5.54. The third-order valence-corrected chi connectivity index (χ3v) is 3.69. The molecule has 116 valence electrons. The van der Waals surface area contributed by atoms with Crippen molar-refractivity contribution in [2.24, 2.45) is 0 Å². The van der Waals surface area contributed by atoms with Gasteiger partial charge in [-0.2, -0.15) is 5.26 Å². The molecule has 0 saturated carbocycles. The number of amides is 1. The predicted molar refractivity (Wildman–Crippen MR) is 94.0 cm³/mol. The van der Waals surface area contributed by atoms with Crippen LogP contribution in [0.4, 0.5) is 5.69 Å². The molecule has 0 aliphatic rings. The Bertz CT molecular complexity index is 780. The number of carbonyl (C=O) groups excluding carboxylic acids is 1. The number of nitrogens with one attached hydrogen (secondary N) is 1. The largest absolute Gasteiger partial charge is 0.321 e. The van der Waals surface area contributed by atoms with E-state index < -0.39 is 0 Å². The second kappa shape index (κ2) is 7.42. The Hall–Kier alpha value is -2.86. The van der Waals surface area contributed by atoms with Gasteiger partial charge < -0.3 is 5.32 Å². The van der Waals surface area contributed by atoms with Crippen LogP contribution < -0.4 is 5.32 Å². The summed E-state index contributed by atoms with van der Waals surface area (Å²) in [6, 6.07) is 15.6. The minimum Gasteiger partial charge on any atom is -0.321 e. The Labute approximate surface area is 137 Å². The Morgan fingerprint density at radius 3 is 2.43 bits per heavy atom. The summed E-state index contributed by atoms with van der Waals surface area (Å²) in [5.74, 6) is -0.390. The third kappa shape index (κ3) is 4.31. The maximum absolute atomic E-state index is 12.3. The third-order valence-electron chi connectivity index (χ3n) is 3.69. The number of nitriles is 1. The van der Waals surface area contributed by atoms with Gasteiger partial charge in [0.1, 0.15) is 11.6 Å². The van der Waals surface area contributed by atoms with Gasteiger partial charge in [-0.25, -0.2) is 0 Å². The molecular weight excluding hydrogens is 284 g/mol. The number of anilines is 1. The first-order valence-electron chi connectivity index (χ1n) is 7.63. The summed E-state index contributed by atoms with van der Waals surface area (Å²) in [6.45, 7) is 6.02. The van der Waals surface area contributed by atoms with E-state index in [2.05, 4.69) is 12.2 Å². The molecule has 3 nitrogen and oxygen atoms in total. The summed E-state index contributed by atoms with van der Waals surface area (Å²) in [7, 11) is 0. The molecule has 0 bridgehead atoms. The van der Waals surface area contributed by atoms with Crippen LogP contribution in [0.15, 0.2) is 48.0 Å². The quantitative estimate of drug-likeness (QED) is 0.672. The highest BCUT2D eigenvalue weighted by Gasteiger charge is 2.10. The fraction of sp³-hybridized carbons (Fsp3) is 0.200. The molecule has 0 heterocycles. The van der Waals surface area contributed by atoms with Gasteiger partial charge in [0.05, 0.1) is 0 Å². The van der Waals surface area contributed by atoms with Gasteiger partial charge in [-0.1, -0.05) is 48.9 Å². The molecule has 0 unspecified atom stereocenters. The fourth-order valence-corrected chi connectivity index (χ4v) is 2.31. The molecule has 0 saturated heterocycles. The zero-order valence-electron chi connectivity index (χ0n) is 13.7. The molecule has 0 aliphatic carbocycles. The fourth-order valence-electron chi connectivity index (χ4n) is 2.31. The van der Waals surface area contributed by atoms with Crippen molar-refractivity contribution in [2.75, 3.05) is 5.32 Å². The van der Waals surface area contributed by atoms with Crippen molar-refractivity contribution >= 4 is 17.7 Å². The SMILES string of the molecule is CCc1ccc(/C=C(\C#N)C(=O)Nc2ccc(C)cc2C)cc1. The van der Waals surface area contributed by atoms with Crippen LogP contribution in [0.3, 0.4) is 0 Å². The first kappa shape index (κ1) is 16.5. The smallest absolute Gasteiger partial charge is 0.266 e. The average molecular weight is 304 g/mol. The predicted octanol–water partition coefficient (Wildman–Crippen LogP) is 4.41. The lowest BCUT2D eigenvalue weighted by Crippen LogP contribution is -2.14. The lowest BCUT2D eigenvalue weighted by Gasteiger charge is -2.08. The van der Waals surface area contributed by atoms with Crippen LogP contribution in [-0.2, 0) is 11.2 Å². The van der Waals surface area contributed by atoms with E-state index >= 15 is 0 Å². The second-order valence-electron chi connectivity index (χ2n) is 5.54. The molecule has 2 aromatic rings. The molecule has 0 radical (unpaired) electrons. The highest BCUT2D eigenvalue weighted by Crippen LogP contribution is 2.17. The minimum absolute atomic E-state index is 0.0919. The van der Waals surface area contributed by atoms with Crippen LogP contribution in [0.5, 0.6) is 0 Å². The summed E-state index contributed by atoms with van der Waals surface area (Å²) in [5.41, 5.74) is 4.99. The van der Waals surface area contributed by atoms with Crippen molar-refractivity contribution in [3.05, 3.63) is 70.3 Å². The number of hydrogen-bond donors (Lipinski definition) is 1. The van der Waals surface area contributed by atoms with Gasteiger partial charge in [0.25, 0.3) is 5.91 Å². The Morgan fingerprint density at radius 1 is 1.17 bits per heavy atom. The van der Waals surface area contributed by atoms with Crippen molar-refractivity contribution in [3.8, 4) is 6.07 Å². The van der Waals surface area contributed by atoms with E-state index in [4.69, 9.17) is 0 Å². The molecule has 0 aromatic heterocycles. The van der Waals surface area contributed by atoms with Gasteiger partial charge in [-0.3, -0.25) is 4.79 Å². The van der Waals surface area contributed by atoms with Crippen molar-refractivity contribution < 1.29 is 4.79 Å². The molecule has 0 spiro atoms. The number of benzene rings is 2. The zero-order valence-corrected chi connectivity index (χ0v) is 13.7. The lowest BCUT2D eigenvalue weighted by atomic mass is 10.1. The summed E-state index contributed by atoms with van der Waals surface area (Å²) in [5, 5.41) is 12.1. The maximum atomic E-state index is 12.3. The first-order valence-corrected chi connectivity index (χ1v) is 7.63. The van der Waals surface area contributed by atoms with Crippen LogP contribution in [0.2, 0.25) is 0 Å². The summed E-state index contributed by atoms with van der Waals surface area (Å²) < 4.78 is 0. The summed E-state index contributed by atoms with van der Waals surface area (Å²) in [4.78, 5) is 12.3. The molecule has 1 N–H and O–H groups in total. The minimum atomic E-state index is -0.390. The molecule has 1 amide bonds. The number of nitrogens with zero attached hydrogens (tertiary/aromatic N) is 1. The molecule has 0 aliphatic heterocycles. The Kier molecular flexibility index (Phi) is 5.32. The highest BCUT2D eigenvalue weighted by atomic mass is 16.1. The maximum Gasteiger partial charge on any atom is 0.266 e. The summed E-state index contributed by atoms with van der Waals surface area (Å²) in [6.07, 6.45) is 2.57. The molecule has 3 heteroatoms. The van der Waals surface area contributed by atoms with Crippen LogP contribution in [0, 0.1) is 25.2 Å². The van der Waals surface area contributed by atoms with Crippen LogP contribution in [-0.4, -0.2) is 5.91 Å². The van der Waals surface area contributed by atoms with Crippen molar-refractivity contribution in [1.82, 2.24) is 0 Å². The number of hydrogen-bond acceptors (Lipinski definition) is 2. The van der Waals surface area contributed by atoms with E-state index in [-0.39, 0.29) is 11.5 Å². The molecule has 0 fully saturated rings. The van der Waals surface area contributed by atoms with Gasteiger partial charge in [0, 0.05) is 5.69 Å². The van der Waals surface area contributed by atoms with Gasteiger partial charge in [0.15, 0.2) is 0 Å². The average Bonchev–Trinajstić information content (AvgIpc) is 2.55. The van der Waals surface area contributed by atoms with Crippen molar-refractivity contribution in [2.45, 2.75) is 27.2 Å². The molecular formula is C20H20N2O. The Balaban J connectivity index is 2.20. The van der Waals surface area contributed by atoms with E-state index in [0.717, 1.165) is 28.8 Å². The van der Waals surface area contributed by atoms with Gasteiger partial charge in [-0.15, -0.1) is 0 Å². The molecule has 23 heavy (non-hydrogen) atoms. The topological polar surface area (TPSA) is 52.9 Å². The van der Waals surface area contributed by atoms with E-state index in [0.29, 0.717) is 0 Å². The van der Waals surface area contributed by atoms with Gasteiger partial charge >= 0.3 is 0 Å². The van der Waals surface area contributed by atoms with E-state index in [1.165, 1.54) is 5.56 Å². The van der Waals surface area contributed by atoms with Crippen LogP contribution in [0.25, 0.3) is 6.08 Å². The Morgan fingerprint density at radius 2 is 1.87 bits per heavy atom. The lowest BCUT2D eigenvalue weighted by molar-refractivity contribution is -0.112.